The first-order chi connectivity index (χ1) is 9.81. The molecular weight excluding hydrogens is 252 g/mol. The third-order valence-electron chi connectivity index (χ3n) is 4.86. The lowest BCUT2D eigenvalue weighted by Crippen LogP contribution is -2.37. The van der Waals surface area contributed by atoms with E-state index < -0.39 is 0 Å². The molecule has 116 valence electrons. The number of carbonyl (C=O) groups is 1. The minimum atomic E-state index is 0.137. The highest BCUT2D eigenvalue weighted by Gasteiger charge is 2.31. The summed E-state index contributed by atoms with van der Waals surface area (Å²) in [6, 6.07) is 0. The fraction of sp³-hybridized carbons (Fsp3) is 0.938. The Bertz CT molecular complexity index is 288. The SMILES string of the molecule is NC[C@H]1CCC[C@H]1C(=O)NCCOC1CCCCCC1. The van der Waals surface area contributed by atoms with Crippen molar-refractivity contribution in [3.05, 3.63) is 0 Å². The van der Waals surface area contributed by atoms with Gasteiger partial charge < -0.3 is 15.8 Å². The molecule has 0 spiro atoms. The predicted molar refractivity (Wildman–Crippen MR) is 80.3 cm³/mol. The Kier molecular flexibility index (Phi) is 6.80. The Morgan fingerprint density at radius 3 is 2.50 bits per heavy atom. The third-order valence-corrected chi connectivity index (χ3v) is 4.86. The highest BCUT2D eigenvalue weighted by atomic mass is 16.5. The van der Waals surface area contributed by atoms with Crippen LogP contribution in [0.1, 0.15) is 57.8 Å². The van der Waals surface area contributed by atoms with Gasteiger partial charge in [0, 0.05) is 12.5 Å². The van der Waals surface area contributed by atoms with Crippen LogP contribution in [0.25, 0.3) is 0 Å². The molecule has 0 aromatic carbocycles. The van der Waals surface area contributed by atoms with Gasteiger partial charge in [0.05, 0.1) is 12.7 Å². The van der Waals surface area contributed by atoms with Crippen LogP contribution in [0.4, 0.5) is 0 Å². The Hall–Kier alpha value is -0.610. The molecule has 4 nitrogen and oxygen atoms in total. The van der Waals surface area contributed by atoms with E-state index in [0.717, 1.165) is 19.3 Å². The highest BCUT2D eigenvalue weighted by molar-refractivity contribution is 5.79. The van der Waals surface area contributed by atoms with Gasteiger partial charge >= 0.3 is 0 Å². The van der Waals surface area contributed by atoms with Crippen LogP contribution in [0.3, 0.4) is 0 Å². The van der Waals surface area contributed by atoms with E-state index in [1.807, 2.05) is 0 Å². The molecule has 2 aliphatic rings. The van der Waals surface area contributed by atoms with Crippen molar-refractivity contribution >= 4 is 5.91 Å². The zero-order chi connectivity index (χ0) is 14.2. The monoisotopic (exact) mass is 282 g/mol. The minimum Gasteiger partial charge on any atom is -0.376 e. The lowest BCUT2D eigenvalue weighted by Gasteiger charge is -2.19. The number of amides is 1. The van der Waals surface area contributed by atoms with Crippen molar-refractivity contribution in [2.24, 2.45) is 17.6 Å². The largest absolute Gasteiger partial charge is 0.376 e. The number of carbonyl (C=O) groups excluding carboxylic acids is 1. The second kappa shape index (κ2) is 8.63. The molecule has 0 aromatic rings. The predicted octanol–water partition coefficient (Wildman–Crippen LogP) is 2.22. The van der Waals surface area contributed by atoms with Crippen LogP contribution in [-0.2, 0) is 9.53 Å². The Balaban J connectivity index is 1.59. The van der Waals surface area contributed by atoms with Gasteiger partial charge in [-0.2, -0.15) is 0 Å². The van der Waals surface area contributed by atoms with Gasteiger partial charge in [-0.1, -0.05) is 32.1 Å². The minimum absolute atomic E-state index is 0.137. The summed E-state index contributed by atoms with van der Waals surface area (Å²) < 4.78 is 5.89. The van der Waals surface area contributed by atoms with Crippen molar-refractivity contribution in [2.45, 2.75) is 63.9 Å². The zero-order valence-corrected chi connectivity index (χ0v) is 12.6. The third kappa shape index (κ3) is 4.74. The molecule has 0 aliphatic heterocycles. The van der Waals surface area contributed by atoms with E-state index in [9.17, 15) is 4.79 Å². The van der Waals surface area contributed by atoms with Crippen molar-refractivity contribution in [1.82, 2.24) is 5.32 Å². The van der Waals surface area contributed by atoms with Gasteiger partial charge in [-0.3, -0.25) is 4.79 Å². The Morgan fingerprint density at radius 1 is 1.05 bits per heavy atom. The van der Waals surface area contributed by atoms with Crippen LogP contribution >= 0.6 is 0 Å². The summed E-state index contributed by atoms with van der Waals surface area (Å²) >= 11 is 0. The van der Waals surface area contributed by atoms with Crippen LogP contribution in [0.5, 0.6) is 0 Å². The van der Waals surface area contributed by atoms with Gasteiger partial charge in [0.15, 0.2) is 0 Å². The number of rotatable bonds is 6. The van der Waals surface area contributed by atoms with Gasteiger partial charge in [0.2, 0.25) is 5.91 Å². The van der Waals surface area contributed by atoms with Crippen LogP contribution in [-0.4, -0.2) is 31.7 Å². The quantitative estimate of drug-likeness (QED) is 0.580. The fourth-order valence-electron chi connectivity index (χ4n) is 3.60. The van der Waals surface area contributed by atoms with Gasteiger partial charge in [-0.25, -0.2) is 0 Å². The zero-order valence-electron chi connectivity index (χ0n) is 12.6. The summed E-state index contributed by atoms with van der Waals surface area (Å²) in [6.07, 6.45) is 11.3. The van der Waals surface area contributed by atoms with E-state index in [1.54, 1.807) is 0 Å². The molecule has 20 heavy (non-hydrogen) atoms. The molecule has 4 heteroatoms. The lowest BCUT2D eigenvalue weighted by molar-refractivity contribution is -0.126. The Morgan fingerprint density at radius 2 is 1.80 bits per heavy atom. The number of hydrogen-bond donors (Lipinski definition) is 2. The van der Waals surface area contributed by atoms with E-state index in [0.29, 0.717) is 31.7 Å². The standard InChI is InChI=1S/C16H30N2O2/c17-12-13-6-5-9-15(13)16(19)18-10-11-20-14-7-3-1-2-4-8-14/h13-15H,1-12,17H2,(H,18,19)/t13-,15-/m1/s1. The van der Waals surface area contributed by atoms with Crippen LogP contribution < -0.4 is 11.1 Å². The maximum atomic E-state index is 12.1. The van der Waals surface area contributed by atoms with E-state index in [4.69, 9.17) is 10.5 Å². The number of hydrogen-bond acceptors (Lipinski definition) is 3. The first-order valence-corrected chi connectivity index (χ1v) is 8.40. The topological polar surface area (TPSA) is 64.4 Å². The molecule has 0 unspecified atom stereocenters. The van der Waals surface area contributed by atoms with Crippen LogP contribution in [0.15, 0.2) is 0 Å². The number of nitrogens with two attached hydrogens (primary N) is 1. The van der Waals surface area contributed by atoms with Gasteiger partial charge in [-0.05, 0) is 38.1 Å². The summed E-state index contributed by atoms with van der Waals surface area (Å²) in [5.74, 6) is 0.707. The average molecular weight is 282 g/mol. The lowest BCUT2D eigenvalue weighted by atomic mass is 9.95. The second-order valence-electron chi connectivity index (χ2n) is 6.31. The first-order valence-electron chi connectivity index (χ1n) is 8.40. The molecule has 3 N–H and O–H groups in total. The molecule has 2 rings (SSSR count). The summed E-state index contributed by atoms with van der Waals surface area (Å²) in [5.41, 5.74) is 5.72. The highest BCUT2D eigenvalue weighted by Crippen LogP contribution is 2.30. The van der Waals surface area contributed by atoms with Crippen molar-refractivity contribution in [1.29, 1.82) is 0 Å². The molecular formula is C16H30N2O2. The molecule has 0 saturated heterocycles. The Labute approximate surface area is 122 Å². The van der Waals surface area contributed by atoms with E-state index >= 15 is 0 Å². The fourth-order valence-corrected chi connectivity index (χ4v) is 3.60. The van der Waals surface area contributed by atoms with Crippen LogP contribution in [0, 0.1) is 11.8 Å². The molecule has 0 radical (unpaired) electrons. The summed E-state index contributed by atoms with van der Waals surface area (Å²) in [5, 5.41) is 3.02. The van der Waals surface area contributed by atoms with Crippen LogP contribution in [0.2, 0.25) is 0 Å². The molecule has 2 fully saturated rings. The molecule has 0 heterocycles. The second-order valence-corrected chi connectivity index (χ2v) is 6.31. The molecule has 2 atom stereocenters. The summed E-state index contributed by atoms with van der Waals surface area (Å²) in [4.78, 5) is 12.1. The van der Waals surface area contributed by atoms with Crippen molar-refractivity contribution in [2.75, 3.05) is 19.7 Å². The van der Waals surface area contributed by atoms with Crippen molar-refractivity contribution < 1.29 is 9.53 Å². The van der Waals surface area contributed by atoms with Gasteiger partial charge in [0.25, 0.3) is 0 Å². The molecule has 0 bridgehead atoms. The van der Waals surface area contributed by atoms with E-state index in [2.05, 4.69) is 5.32 Å². The van der Waals surface area contributed by atoms with Crippen molar-refractivity contribution in [3.63, 3.8) is 0 Å². The summed E-state index contributed by atoms with van der Waals surface area (Å²) in [7, 11) is 0. The number of ether oxygens (including phenoxy) is 1. The normalized spacial score (nSPS) is 28.2. The van der Waals surface area contributed by atoms with E-state index in [-0.39, 0.29) is 11.8 Å². The average Bonchev–Trinajstić information content (AvgIpc) is 2.80. The molecule has 2 aliphatic carbocycles. The maximum absolute atomic E-state index is 12.1. The molecule has 2 saturated carbocycles. The van der Waals surface area contributed by atoms with Gasteiger partial charge in [0.1, 0.15) is 0 Å². The first kappa shape index (κ1) is 15.8. The van der Waals surface area contributed by atoms with Gasteiger partial charge in [-0.15, -0.1) is 0 Å². The smallest absolute Gasteiger partial charge is 0.223 e. The molecule has 0 aromatic heterocycles. The summed E-state index contributed by atoms with van der Waals surface area (Å²) in [6.45, 7) is 1.93. The number of nitrogens with one attached hydrogen (secondary N) is 1. The maximum Gasteiger partial charge on any atom is 0.223 e. The van der Waals surface area contributed by atoms with Crippen molar-refractivity contribution in [3.8, 4) is 0 Å². The molecule has 1 amide bonds. The van der Waals surface area contributed by atoms with E-state index in [1.165, 1.54) is 38.5 Å².